The Balaban J connectivity index is 1.50. The third-order valence-corrected chi connectivity index (χ3v) is 12.2. The van der Waals surface area contributed by atoms with Crippen molar-refractivity contribution >= 4 is 45.6 Å². The Morgan fingerprint density at radius 1 is 0.340 bits per heavy atom. The highest BCUT2D eigenvalue weighted by Gasteiger charge is 2.22. The number of rotatable bonds is 8. The molecule has 3 nitrogen and oxygen atoms in total. The predicted molar refractivity (Wildman–Crippen MR) is 215 cm³/mol. The van der Waals surface area contributed by atoms with Crippen molar-refractivity contribution in [2.75, 3.05) is 21.3 Å². The van der Waals surface area contributed by atoms with Crippen LogP contribution >= 0.6 is 0 Å². The van der Waals surface area contributed by atoms with Crippen LogP contribution in [0.4, 0.5) is 0 Å². The van der Waals surface area contributed by atoms with Crippen molar-refractivity contribution in [2.45, 2.75) is 19.6 Å². The normalized spacial score (nSPS) is 11.8. The molecule has 8 rings (SSSR count). The van der Waals surface area contributed by atoms with E-state index in [1.165, 1.54) is 65.3 Å². The summed E-state index contributed by atoms with van der Waals surface area (Å²) in [5.74, 6) is 2.54. The van der Waals surface area contributed by atoms with E-state index in [0.29, 0.717) is 0 Å². The van der Waals surface area contributed by atoms with Crippen molar-refractivity contribution in [1.29, 1.82) is 0 Å². The zero-order valence-electron chi connectivity index (χ0n) is 29.4. The van der Waals surface area contributed by atoms with Crippen LogP contribution in [0.5, 0.6) is 17.2 Å². The Labute approximate surface area is 295 Å². The van der Waals surface area contributed by atoms with Gasteiger partial charge in [-0.1, -0.05) is 110 Å². The highest BCUT2D eigenvalue weighted by atomic mass is 28.3. The lowest BCUT2D eigenvalue weighted by Crippen LogP contribution is -2.37. The number of hydrogen-bond donors (Lipinski definition) is 0. The minimum atomic E-state index is -1.45. The molecule has 4 heteroatoms. The molecule has 0 fully saturated rings. The van der Waals surface area contributed by atoms with Crippen molar-refractivity contribution in [3.8, 4) is 61.8 Å². The van der Waals surface area contributed by atoms with Gasteiger partial charge in [-0.05, 0) is 125 Å². The summed E-state index contributed by atoms with van der Waals surface area (Å²) in [7, 11) is 3.69. The Morgan fingerprint density at radius 2 is 0.600 bits per heavy atom. The molecule has 0 aliphatic carbocycles. The van der Waals surface area contributed by atoms with E-state index < -0.39 is 8.07 Å². The maximum Gasteiger partial charge on any atom is 0.118 e. The van der Waals surface area contributed by atoms with Gasteiger partial charge in [0.2, 0.25) is 0 Å². The number of methoxy groups -OCH3 is 3. The smallest absolute Gasteiger partial charge is 0.118 e. The van der Waals surface area contributed by atoms with Gasteiger partial charge in [-0.15, -0.1) is 0 Å². The summed E-state index contributed by atoms with van der Waals surface area (Å²) < 4.78 is 16.6. The first-order chi connectivity index (χ1) is 24.3. The SMILES string of the molecule is COc1ccc(-c2cc(-c3ccc(OC)cc3)c3ccc4c(-c5ccc([Si](C)(C)C)cc5)cc(-c5ccc(OC)cc5)c5ccc2c3c54)cc1. The van der Waals surface area contributed by atoms with Crippen molar-refractivity contribution in [3.63, 3.8) is 0 Å². The fourth-order valence-corrected chi connectivity index (χ4v) is 8.58. The van der Waals surface area contributed by atoms with Crippen molar-refractivity contribution in [1.82, 2.24) is 0 Å². The van der Waals surface area contributed by atoms with Gasteiger partial charge < -0.3 is 14.2 Å². The van der Waals surface area contributed by atoms with Gasteiger partial charge in [0.05, 0.1) is 29.4 Å². The molecule has 0 aliphatic rings. The van der Waals surface area contributed by atoms with E-state index in [1.54, 1.807) is 21.3 Å². The van der Waals surface area contributed by atoms with Gasteiger partial charge in [0.15, 0.2) is 0 Å². The van der Waals surface area contributed by atoms with E-state index in [0.717, 1.165) is 33.9 Å². The van der Waals surface area contributed by atoms with Gasteiger partial charge in [0.1, 0.15) is 17.2 Å². The molecule has 246 valence electrons. The molecule has 0 unspecified atom stereocenters. The van der Waals surface area contributed by atoms with Crippen LogP contribution in [0.2, 0.25) is 19.6 Å². The molecule has 0 aromatic heterocycles. The second-order valence-corrected chi connectivity index (χ2v) is 19.1. The Bertz CT molecular complexity index is 2410. The molecule has 0 heterocycles. The van der Waals surface area contributed by atoms with Crippen LogP contribution in [0.3, 0.4) is 0 Å². The average Bonchev–Trinajstić information content (AvgIpc) is 3.16. The van der Waals surface area contributed by atoms with Crippen LogP contribution in [-0.2, 0) is 0 Å². The largest absolute Gasteiger partial charge is 0.497 e. The maximum absolute atomic E-state index is 5.54. The molecule has 0 bridgehead atoms. The molecule has 0 atom stereocenters. The average molecular weight is 669 g/mol. The van der Waals surface area contributed by atoms with Gasteiger partial charge in [0.25, 0.3) is 0 Å². The molecule has 8 aromatic rings. The van der Waals surface area contributed by atoms with Gasteiger partial charge in [-0.3, -0.25) is 0 Å². The molecule has 0 saturated heterocycles. The fraction of sp³-hybridized carbons (Fsp3) is 0.130. The summed E-state index contributed by atoms with van der Waals surface area (Å²) in [6.07, 6.45) is 0. The molecule has 0 aliphatic heterocycles. The molecule has 50 heavy (non-hydrogen) atoms. The first kappa shape index (κ1) is 31.7. The minimum absolute atomic E-state index is 0.843. The number of hydrogen-bond acceptors (Lipinski definition) is 3. The van der Waals surface area contributed by atoms with E-state index in [2.05, 4.69) is 129 Å². The Morgan fingerprint density at radius 3 is 0.840 bits per heavy atom. The highest BCUT2D eigenvalue weighted by Crippen LogP contribution is 2.48. The number of ether oxygens (including phenoxy) is 3. The standard InChI is InChI=1S/C46H40O3Si/c1-47-33-15-7-29(8-16-33)41-27-42(30-9-17-34(48-2)18-10-30)38-25-26-40-44(32-13-21-36(22-14-32)50(4,5)6)28-43(31-11-19-35(49-3)20-12-31)39-24-23-37(41)45(38)46(39)40/h7-28H,1-6H3. The maximum atomic E-state index is 5.54. The number of benzene rings is 8. The Hall–Kier alpha value is -5.58. The molecule has 8 aromatic carbocycles. The first-order valence-electron chi connectivity index (χ1n) is 17.1. The lowest BCUT2D eigenvalue weighted by atomic mass is 9.82. The van der Waals surface area contributed by atoms with Crippen LogP contribution in [-0.4, -0.2) is 29.4 Å². The van der Waals surface area contributed by atoms with Gasteiger partial charge in [0, 0.05) is 0 Å². The summed E-state index contributed by atoms with van der Waals surface area (Å²) in [6, 6.07) is 48.7. The molecule has 0 N–H and O–H groups in total. The van der Waals surface area contributed by atoms with E-state index in [1.807, 2.05) is 24.3 Å². The Kier molecular flexibility index (Phi) is 7.85. The van der Waals surface area contributed by atoms with Gasteiger partial charge in [-0.25, -0.2) is 0 Å². The van der Waals surface area contributed by atoms with Crippen molar-refractivity contribution < 1.29 is 14.2 Å². The molecule has 0 spiro atoms. The molecule has 0 saturated carbocycles. The topological polar surface area (TPSA) is 27.7 Å². The van der Waals surface area contributed by atoms with Gasteiger partial charge in [-0.2, -0.15) is 0 Å². The van der Waals surface area contributed by atoms with Crippen molar-refractivity contribution in [2.24, 2.45) is 0 Å². The summed E-state index contributed by atoms with van der Waals surface area (Å²) in [6.45, 7) is 7.21. The predicted octanol–water partition coefficient (Wildman–Crippen LogP) is 11.8. The van der Waals surface area contributed by atoms with Crippen molar-refractivity contribution in [3.05, 3.63) is 133 Å². The quantitative estimate of drug-likeness (QED) is 0.119. The van der Waals surface area contributed by atoms with E-state index in [-0.39, 0.29) is 0 Å². The zero-order chi connectivity index (χ0) is 34.6. The summed E-state index contributed by atoms with van der Waals surface area (Å²) >= 11 is 0. The minimum Gasteiger partial charge on any atom is -0.497 e. The second-order valence-electron chi connectivity index (χ2n) is 14.0. The van der Waals surface area contributed by atoms with Gasteiger partial charge >= 0.3 is 0 Å². The third kappa shape index (κ3) is 5.37. The highest BCUT2D eigenvalue weighted by molar-refractivity contribution is 6.88. The van der Waals surface area contributed by atoms with Crippen LogP contribution in [0.1, 0.15) is 0 Å². The molecule has 0 amide bonds. The van der Waals surface area contributed by atoms with Crippen LogP contribution in [0, 0.1) is 0 Å². The monoisotopic (exact) mass is 668 g/mol. The third-order valence-electron chi connectivity index (χ3n) is 10.2. The van der Waals surface area contributed by atoms with Crippen LogP contribution in [0.25, 0.3) is 76.8 Å². The van der Waals surface area contributed by atoms with E-state index >= 15 is 0 Å². The van der Waals surface area contributed by atoms with Crippen LogP contribution < -0.4 is 19.4 Å². The molecular formula is C46H40O3Si. The van der Waals surface area contributed by atoms with E-state index in [9.17, 15) is 0 Å². The fourth-order valence-electron chi connectivity index (χ4n) is 7.41. The van der Waals surface area contributed by atoms with E-state index in [4.69, 9.17) is 14.2 Å². The summed E-state index contributed by atoms with van der Waals surface area (Å²) in [5.41, 5.74) is 9.51. The zero-order valence-corrected chi connectivity index (χ0v) is 30.4. The first-order valence-corrected chi connectivity index (χ1v) is 20.6. The molecule has 0 radical (unpaired) electrons. The van der Waals surface area contributed by atoms with Crippen LogP contribution in [0.15, 0.2) is 133 Å². The lowest BCUT2D eigenvalue weighted by molar-refractivity contribution is 0.415. The second kappa shape index (κ2) is 12.4. The summed E-state index contributed by atoms with van der Waals surface area (Å²) in [4.78, 5) is 0. The lowest BCUT2D eigenvalue weighted by Gasteiger charge is -2.22. The summed E-state index contributed by atoms with van der Waals surface area (Å²) in [5, 5.41) is 8.96. The molecular weight excluding hydrogens is 629 g/mol.